The molecule has 0 radical (unpaired) electrons. The molecular weight excluding hydrogens is 198 g/mol. The van der Waals surface area contributed by atoms with Gasteiger partial charge in [-0.1, -0.05) is 11.8 Å². The fraction of sp³-hybridized carbons (Fsp3) is 0.750. The van der Waals surface area contributed by atoms with E-state index >= 15 is 0 Å². The average molecular weight is 213 g/mol. The Morgan fingerprint density at radius 1 is 1.71 bits per heavy atom. The average Bonchev–Trinajstić information content (AvgIpc) is 2.63. The van der Waals surface area contributed by atoms with Gasteiger partial charge in [0.05, 0.1) is 0 Å². The SMILES string of the molecule is Nn1cnnc1SCC1CCCNC1. The summed E-state index contributed by atoms with van der Waals surface area (Å²) in [5.41, 5.74) is 0. The van der Waals surface area contributed by atoms with Crippen LogP contribution < -0.4 is 11.2 Å². The summed E-state index contributed by atoms with van der Waals surface area (Å²) in [7, 11) is 0. The van der Waals surface area contributed by atoms with Crippen molar-refractivity contribution in [2.45, 2.75) is 18.0 Å². The molecule has 78 valence electrons. The minimum Gasteiger partial charge on any atom is -0.336 e. The Bertz CT molecular complexity index is 281. The van der Waals surface area contributed by atoms with E-state index in [1.807, 2.05) is 0 Å². The van der Waals surface area contributed by atoms with Gasteiger partial charge in [-0.25, -0.2) is 4.68 Å². The summed E-state index contributed by atoms with van der Waals surface area (Å²) in [5, 5.41) is 11.9. The monoisotopic (exact) mass is 213 g/mol. The molecule has 0 aromatic carbocycles. The molecule has 1 aromatic rings. The minimum absolute atomic E-state index is 0.741. The van der Waals surface area contributed by atoms with E-state index in [-0.39, 0.29) is 0 Å². The van der Waals surface area contributed by atoms with Gasteiger partial charge in [0.2, 0.25) is 5.16 Å². The summed E-state index contributed by atoms with van der Waals surface area (Å²) >= 11 is 1.68. The van der Waals surface area contributed by atoms with Crippen LogP contribution in [-0.2, 0) is 0 Å². The van der Waals surface area contributed by atoms with Gasteiger partial charge in [-0.3, -0.25) is 0 Å². The largest absolute Gasteiger partial charge is 0.336 e. The van der Waals surface area contributed by atoms with Gasteiger partial charge < -0.3 is 11.2 Å². The van der Waals surface area contributed by atoms with Crippen LogP contribution in [0.15, 0.2) is 11.5 Å². The van der Waals surface area contributed by atoms with Gasteiger partial charge in [0.25, 0.3) is 0 Å². The van der Waals surface area contributed by atoms with Crippen molar-refractivity contribution in [2.24, 2.45) is 5.92 Å². The maximum absolute atomic E-state index is 5.61. The van der Waals surface area contributed by atoms with Crippen molar-refractivity contribution >= 4 is 11.8 Å². The second-order valence-electron chi connectivity index (χ2n) is 3.54. The number of nitrogens with zero attached hydrogens (tertiary/aromatic N) is 3. The van der Waals surface area contributed by atoms with Crippen LogP contribution in [0.25, 0.3) is 0 Å². The molecule has 2 heterocycles. The van der Waals surface area contributed by atoms with Crippen molar-refractivity contribution < 1.29 is 0 Å². The van der Waals surface area contributed by atoms with Gasteiger partial charge in [-0.05, 0) is 31.8 Å². The molecule has 2 rings (SSSR count). The van der Waals surface area contributed by atoms with E-state index in [1.165, 1.54) is 23.8 Å². The minimum atomic E-state index is 0.741. The predicted molar refractivity (Wildman–Crippen MR) is 56.5 cm³/mol. The molecule has 1 unspecified atom stereocenters. The van der Waals surface area contributed by atoms with E-state index < -0.39 is 0 Å². The molecule has 1 atom stereocenters. The van der Waals surface area contributed by atoms with E-state index in [1.54, 1.807) is 11.8 Å². The number of nitrogen functional groups attached to an aromatic ring is 1. The van der Waals surface area contributed by atoms with E-state index in [2.05, 4.69) is 15.5 Å². The highest BCUT2D eigenvalue weighted by atomic mass is 32.2. The molecule has 0 spiro atoms. The topological polar surface area (TPSA) is 68.8 Å². The van der Waals surface area contributed by atoms with Gasteiger partial charge in [-0.2, -0.15) is 0 Å². The number of rotatable bonds is 3. The lowest BCUT2D eigenvalue weighted by molar-refractivity contribution is 0.410. The van der Waals surface area contributed by atoms with Gasteiger partial charge in [-0.15, -0.1) is 10.2 Å². The molecule has 14 heavy (non-hydrogen) atoms. The lowest BCUT2D eigenvalue weighted by Gasteiger charge is -2.21. The van der Waals surface area contributed by atoms with Crippen LogP contribution in [0.3, 0.4) is 0 Å². The zero-order valence-electron chi connectivity index (χ0n) is 8.02. The highest BCUT2D eigenvalue weighted by Gasteiger charge is 2.14. The first-order valence-corrected chi connectivity index (χ1v) is 5.83. The molecule has 1 aliphatic heterocycles. The fourth-order valence-corrected chi connectivity index (χ4v) is 2.56. The fourth-order valence-electron chi connectivity index (χ4n) is 1.59. The maximum Gasteiger partial charge on any atom is 0.209 e. The maximum atomic E-state index is 5.61. The van der Waals surface area contributed by atoms with Gasteiger partial charge in [0.15, 0.2) is 0 Å². The van der Waals surface area contributed by atoms with Crippen LogP contribution in [0.1, 0.15) is 12.8 Å². The molecule has 0 aliphatic carbocycles. The molecule has 3 N–H and O–H groups in total. The van der Waals surface area contributed by atoms with Crippen LogP contribution >= 0.6 is 11.8 Å². The number of nitrogens with two attached hydrogens (primary N) is 1. The molecule has 1 aromatic heterocycles. The number of aromatic nitrogens is 3. The predicted octanol–water partition coefficient (Wildman–Crippen LogP) is 0.0836. The first kappa shape index (κ1) is 9.79. The third kappa shape index (κ3) is 2.39. The normalized spacial score (nSPS) is 22.4. The number of nitrogens with one attached hydrogen (secondary N) is 1. The summed E-state index contributed by atoms with van der Waals surface area (Å²) in [5.74, 6) is 7.42. The van der Waals surface area contributed by atoms with E-state index in [0.29, 0.717) is 0 Å². The third-order valence-corrected chi connectivity index (χ3v) is 3.58. The standard InChI is InChI=1S/C8H15N5S/c9-13-6-11-12-8(13)14-5-7-2-1-3-10-4-7/h6-7,10H,1-5,9H2. The molecule has 0 amide bonds. The quantitative estimate of drug-likeness (QED) is 0.550. The second-order valence-corrected chi connectivity index (χ2v) is 4.53. The van der Waals surface area contributed by atoms with Gasteiger partial charge >= 0.3 is 0 Å². The number of hydrogen-bond donors (Lipinski definition) is 2. The Kier molecular flexibility index (Phi) is 3.26. The Morgan fingerprint density at radius 3 is 3.29 bits per heavy atom. The van der Waals surface area contributed by atoms with E-state index in [4.69, 9.17) is 5.84 Å². The summed E-state index contributed by atoms with van der Waals surface area (Å²) in [4.78, 5) is 0. The number of piperidine rings is 1. The first-order valence-electron chi connectivity index (χ1n) is 4.85. The van der Waals surface area contributed by atoms with Crippen LogP contribution in [0.2, 0.25) is 0 Å². The summed E-state index contributed by atoms with van der Waals surface area (Å²) in [6.07, 6.45) is 4.11. The lowest BCUT2D eigenvalue weighted by Crippen LogP contribution is -2.31. The molecular formula is C8H15N5S. The van der Waals surface area contributed by atoms with Crippen molar-refractivity contribution in [3.05, 3.63) is 6.33 Å². The van der Waals surface area contributed by atoms with Gasteiger partial charge in [0, 0.05) is 5.75 Å². The summed E-state index contributed by atoms with van der Waals surface area (Å²) in [6.45, 7) is 2.28. The molecule has 0 saturated carbocycles. The zero-order chi connectivity index (χ0) is 9.80. The van der Waals surface area contributed by atoms with E-state index in [0.717, 1.165) is 29.9 Å². The second kappa shape index (κ2) is 4.65. The highest BCUT2D eigenvalue weighted by molar-refractivity contribution is 7.99. The Balaban J connectivity index is 1.79. The molecule has 5 nitrogen and oxygen atoms in total. The Hall–Kier alpha value is -0.750. The van der Waals surface area contributed by atoms with E-state index in [9.17, 15) is 0 Å². The van der Waals surface area contributed by atoms with Gasteiger partial charge in [0.1, 0.15) is 6.33 Å². The number of thioether (sulfide) groups is 1. The highest BCUT2D eigenvalue weighted by Crippen LogP contribution is 2.20. The molecule has 1 fully saturated rings. The smallest absolute Gasteiger partial charge is 0.209 e. The molecule has 1 aliphatic rings. The molecule has 6 heteroatoms. The third-order valence-electron chi connectivity index (χ3n) is 2.39. The van der Waals surface area contributed by atoms with Crippen molar-refractivity contribution in [1.82, 2.24) is 20.2 Å². The zero-order valence-corrected chi connectivity index (χ0v) is 8.83. The summed E-state index contributed by atoms with van der Waals surface area (Å²) < 4.78 is 1.47. The van der Waals surface area contributed by atoms with Crippen LogP contribution in [0.5, 0.6) is 0 Å². The Labute approximate surface area is 87.4 Å². The first-order chi connectivity index (χ1) is 6.86. The molecule has 1 saturated heterocycles. The van der Waals surface area contributed by atoms with Crippen molar-refractivity contribution in [3.63, 3.8) is 0 Å². The lowest BCUT2D eigenvalue weighted by atomic mass is 10.0. The Morgan fingerprint density at radius 2 is 2.64 bits per heavy atom. The van der Waals surface area contributed by atoms with Crippen molar-refractivity contribution in [2.75, 3.05) is 24.7 Å². The van der Waals surface area contributed by atoms with Crippen LogP contribution in [0.4, 0.5) is 0 Å². The van der Waals surface area contributed by atoms with Crippen molar-refractivity contribution in [1.29, 1.82) is 0 Å². The van der Waals surface area contributed by atoms with Crippen molar-refractivity contribution in [3.8, 4) is 0 Å². The molecule has 0 bridgehead atoms. The van der Waals surface area contributed by atoms with Crippen LogP contribution in [-0.4, -0.2) is 33.7 Å². The summed E-state index contributed by atoms with van der Waals surface area (Å²) in [6, 6.07) is 0. The number of hydrogen-bond acceptors (Lipinski definition) is 5. The van der Waals surface area contributed by atoms with Crippen LogP contribution in [0, 0.1) is 5.92 Å².